The fourth-order valence-electron chi connectivity index (χ4n) is 2.04. The quantitative estimate of drug-likeness (QED) is 0.679. The van der Waals surface area contributed by atoms with Gasteiger partial charge in [-0.25, -0.2) is 0 Å². The summed E-state index contributed by atoms with van der Waals surface area (Å²) in [5, 5.41) is 11.6. The average Bonchev–Trinajstić information content (AvgIpc) is 2.42. The van der Waals surface area contributed by atoms with Crippen LogP contribution in [0.4, 0.5) is 5.69 Å². The smallest absolute Gasteiger partial charge is 0.138 e. The first-order chi connectivity index (χ1) is 9.24. The normalized spacial score (nSPS) is 10.5. The first-order valence-corrected chi connectivity index (χ1v) is 5.98. The molecule has 0 amide bonds. The number of hydrogen-bond donors (Lipinski definition) is 2. The van der Waals surface area contributed by atoms with Gasteiger partial charge in [0.25, 0.3) is 0 Å². The predicted octanol–water partition coefficient (Wildman–Crippen LogP) is 3.92. The van der Waals surface area contributed by atoms with Crippen LogP contribution in [-0.4, -0.2) is 5.11 Å². The van der Waals surface area contributed by atoms with Crippen molar-refractivity contribution < 1.29 is 9.84 Å². The van der Waals surface area contributed by atoms with Gasteiger partial charge in [-0.1, -0.05) is 24.3 Å². The summed E-state index contributed by atoms with van der Waals surface area (Å²) in [5.41, 5.74) is 6.33. The molecule has 0 aliphatic carbocycles. The van der Waals surface area contributed by atoms with E-state index in [1.54, 1.807) is 30.3 Å². The first kappa shape index (κ1) is 11.4. The van der Waals surface area contributed by atoms with E-state index in [2.05, 4.69) is 0 Å². The number of benzene rings is 3. The van der Waals surface area contributed by atoms with Crippen LogP contribution in [0.5, 0.6) is 17.2 Å². The lowest BCUT2D eigenvalue weighted by Crippen LogP contribution is -1.88. The molecule has 0 fully saturated rings. The Bertz CT molecular complexity index is 715. The summed E-state index contributed by atoms with van der Waals surface area (Å²) in [6.07, 6.45) is 0. The van der Waals surface area contributed by atoms with Gasteiger partial charge in [0.2, 0.25) is 0 Å². The number of hydrogen-bond acceptors (Lipinski definition) is 3. The van der Waals surface area contributed by atoms with Crippen LogP contribution in [0.3, 0.4) is 0 Å². The van der Waals surface area contributed by atoms with Gasteiger partial charge in [-0.05, 0) is 41.8 Å². The second-order valence-electron chi connectivity index (χ2n) is 4.30. The number of aromatic hydroxyl groups is 1. The molecule has 0 radical (unpaired) electrons. The minimum atomic E-state index is 0.212. The van der Waals surface area contributed by atoms with Gasteiger partial charge in [0.15, 0.2) is 0 Å². The van der Waals surface area contributed by atoms with E-state index in [9.17, 15) is 5.11 Å². The molecule has 0 heterocycles. The van der Waals surface area contributed by atoms with Crippen LogP contribution in [0.2, 0.25) is 0 Å². The van der Waals surface area contributed by atoms with Gasteiger partial charge in [0.05, 0.1) is 5.39 Å². The molecule has 0 aromatic heterocycles. The minimum absolute atomic E-state index is 0.212. The molecule has 0 saturated heterocycles. The molecule has 0 saturated carbocycles. The number of ether oxygens (including phenoxy) is 1. The summed E-state index contributed by atoms with van der Waals surface area (Å²) >= 11 is 0. The Hall–Kier alpha value is -2.68. The number of nitrogen functional groups attached to an aromatic ring is 1. The molecule has 0 spiro atoms. The molecule has 19 heavy (non-hydrogen) atoms. The molecule has 0 unspecified atom stereocenters. The van der Waals surface area contributed by atoms with Crippen molar-refractivity contribution in [3.8, 4) is 17.2 Å². The molecule has 3 rings (SSSR count). The van der Waals surface area contributed by atoms with Crippen molar-refractivity contribution in [3.63, 3.8) is 0 Å². The Labute approximate surface area is 110 Å². The van der Waals surface area contributed by atoms with Gasteiger partial charge in [-0.2, -0.15) is 0 Å². The number of nitrogens with two attached hydrogens (primary N) is 1. The van der Waals surface area contributed by atoms with Gasteiger partial charge in [0, 0.05) is 5.69 Å². The van der Waals surface area contributed by atoms with E-state index in [4.69, 9.17) is 10.5 Å². The largest absolute Gasteiger partial charge is 0.507 e. The van der Waals surface area contributed by atoms with E-state index >= 15 is 0 Å². The Kier molecular flexibility index (Phi) is 2.72. The highest BCUT2D eigenvalue weighted by Crippen LogP contribution is 2.35. The van der Waals surface area contributed by atoms with Crippen LogP contribution in [0.15, 0.2) is 60.7 Å². The summed E-state index contributed by atoms with van der Waals surface area (Å²) in [5.74, 6) is 1.52. The maximum absolute atomic E-state index is 9.97. The van der Waals surface area contributed by atoms with Crippen LogP contribution in [0, 0.1) is 0 Å². The summed E-state index contributed by atoms with van der Waals surface area (Å²) in [7, 11) is 0. The van der Waals surface area contributed by atoms with Gasteiger partial charge < -0.3 is 15.6 Å². The van der Waals surface area contributed by atoms with Crippen molar-refractivity contribution in [2.75, 3.05) is 5.73 Å². The zero-order valence-electron chi connectivity index (χ0n) is 10.2. The Morgan fingerprint density at radius 3 is 2.26 bits per heavy atom. The topological polar surface area (TPSA) is 55.5 Å². The number of fused-ring (bicyclic) bond motifs is 1. The Morgan fingerprint density at radius 2 is 1.53 bits per heavy atom. The third kappa shape index (κ3) is 2.18. The first-order valence-electron chi connectivity index (χ1n) is 5.98. The predicted molar refractivity (Wildman–Crippen MR) is 76.5 cm³/mol. The highest BCUT2D eigenvalue weighted by atomic mass is 16.5. The SMILES string of the molecule is Nc1ccc(Oc2cccc3cccc(O)c23)cc1. The maximum Gasteiger partial charge on any atom is 0.138 e. The van der Waals surface area contributed by atoms with E-state index in [0.717, 1.165) is 5.39 Å². The molecule has 3 N–H and O–H groups in total. The molecular weight excluding hydrogens is 238 g/mol. The van der Waals surface area contributed by atoms with Crippen LogP contribution in [-0.2, 0) is 0 Å². The van der Waals surface area contributed by atoms with E-state index in [0.29, 0.717) is 22.6 Å². The lowest BCUT2D eigenvalue weighted by atomic mass is 10.1. The van der Waals surface area contributed by atoms with Crippen LogP contribution < -0.4 is 10.5 Å². The molecule has 0 atom stereocenters. The van der Waals surface area contributed by atoms with Crippen molar-refractivity contribution in [1.82, 2.24) is 0 Å². The highest BCUT2D eigenvalue weighted by Gasteiger charge is 2.07. The van der Waals surface area contributed by atoms with E-state index in [1.807, 2.05) is 30.3 Å². The summed E-state index contributed by atoms with van der Waals surface area (Å²) in [4.78, 5) is 0. The molecule has 3 aromatic carbocycles. The lowest BCUT2D eigenvalue weighted by molar-refractivity contribution is 0.468. The maximum atomic E-state index is 9.97. The average molecular weight is 251 g/mol. The molecule has 0 aliphatic rings. The molecule has 94 valence electrons. The lowest BCUT2D eigenvalue weighted by Gasteiger charge is -2.10. The van der Waals surface area contributed by atoms with Gasteiger partial charge in [-0.3, -0.25) is 0 Å². The molecule has 0 bridgehead atoms. The third-order valence-corrected chi connectivity index (χ3v) is 2.95. The number of phenolic OH excluding ortho intramolecular Hbond substituents is 1. The third-order valence-electron chi connectivity index (χ3n) is 2.95. The molecule has 3 aromatic rings. The molecule has 3 nitrogen and oxygen atoms in total. The zero-order chi connectivity index (χ0) is 13.2. The molecule has 0 aliphatic heterocycles. The fourth-order valence-corrected chi connectivity index (χ4v) is 2.04. The Balaban J connectivity index is 2.08. The number of phenols is 1. The summed E-state index contributed by atoms with van der Waals surface area (Å²) < 4.78 is 5.81. The van der Waals surface area contributed by atoms with Gasteiger partial charge in [0.1, 0.15) is 17.2 Å². The van der Waals surface area contributed by atoms with Crippen molar-refractivity contribution in [2.45, 2.75) is 0 Å². The van der Waals surface area contributed by atoms with Crippen LogP contribution in [0.1, 0.15) is 0 Å². The summed E-state index contributed by atoms with van der Waals surface area (Å²) in [6.45, 7) is 0. The second-order valence-corrected chi connectivity index (χ2v) is 4.30. The van der Waals surface area contributed by atoms with E-state index in [-0.39, 0.29) is 5.75 Å². The zero-order valence-corrected chi connectivity index (χ0v) is 10.2. The standard InChI is InChI=1S/C16H13NO2/c17-12-7-9-13(10-8-12)19-15-6-2-4-11-3-1-5-14(18)16(11)15/h1-10,18H,17H2. The molecule has 3 heteroatoms. The fraction of sp³-hybridized carbons (Fsp3) is 0. The van der Waals surface area contributed by atoms with Crippen molar-refractivity contribution in [2.24, 2.45) is 0 Å². The minimum Gasteiger partial charge on any atom is -0.507 e. The highest BCUT2D eigenvalue weighted by molar-refractivity contribution is 5.93. The number of rotatable bonds is 2. The Morgan fingerprint density at radius 1 is 0.842 bits per heavy atom. The van der Waals surface area contributed by atoms with Crippen molar-refractivity contribution >= 4 is 16.5 Å². The van der Waals surface area contributed by atoms with E-state index < -0.39 is 0 Å². The van der Waals surface area contributed by atoms with Gasteiger partial charge in [-0.15, -0.1) is 0 Å². The number of anilines is 1. The van der Waals surface area contributed by atoms with Crippen molar-refractivity contribution in [3.05, 3.63) is 60.7 Å². The van der Waals surface area contributed by atoms with Gasteiger partial charge >= 0.3 is 0 Å². The van der Waals surface area contributed by atoms with Crippen LogP contribution in [0.25, 0.3) is 10.8 Å². The van der Waals surface area contributed by atoms with E-state index in [1.165, 1.54) is 0 Å². The molecular formula is C16H13NO2. The second kappa shape index (κ2) is 4.53. The summed E-state index contributed by atoms with van der Waals surface area (Å²) in [6, 6.07) is 18.2. The monoisotopic (exact) mass is 251 g/mol. The van der Waals surface area contributed by atoms with Crippen LogP contribution >= 0.6 is 0 Å². The van der Waals surface area contributed by atoms with Crippen molar-refractivity contribution in [1.29, 1.82) is 0 Å².